The minimum absolute atomic E-state index is 0.419. The Hall–Kier alpha value is -0.660. The van der Waals surface area contributed by atoms with Crippen molar-refractivity contribution in [2.24, 2.45) is 35.5 Å². The molecule has 0 saturated heterocycles. The molecule has 0 amide bonds. The molecule has 6 atom stereocenters. The Morgan fingerprint density at radius 1 is 0.684 bits per heavy atom. The molecule has 0 heterocycles. The van der Waals surface area contributed by atoms with Crippen LogP contribution >= 0.6 is 0 Å². The third-order valence-corrected chi connectivity index (χ3v) is 6.84. The molecule has 2 heteroatoms. The molecule has 0 N–H and O–H groups in total. The molecular weight excluding hydrogens is 236 g/mol. The lowest BCUT2D eigenvalue weighted by molar-refractivity contribution is -0.127. The maximum Gasteiger partial charge on any atom is 0.136 e. The zero-order valence-corrected chi connectivity index (χ0v) is 11.6. The van der Waals surface area contributed by atoms with Gasteiger partial charge in [0.1, 0.15) is 11.6 Å². The maximum absolute atomic E-state index is 12.0. The van der Waals surface area contributed by atoms with Gasteiger partial charge >= 0.3 is 0 Å². The summed E-state index contributed by atoms with van der Waals surface area (Å²) in [6, 6.07) is 0. The number of Topliss-reactive ketones (excluding diaryl/α,β-unsaturated/α-hetero) is 2. The van der Waals surface area contributed by atoms with Gasteiger partial charge in [0.2, 0.25) is 0 Å². The lowest BCUT2D eigenvalue weighted by Gasteiger charge is -2.51. The van der Waals surface area contributed by atoms with Crippen LogP contribution in [0, 0.1) is 35.5 Å². The van der Waals surface area contributed by atoms with Gasteiger partial charge in [0.05, 0.1) is 0 Å². The van der Waals surface area contributed by atoms with Crippen LogP contribution in [0.25, 0.3) is 0 Å². The SMILES string of the molecule is O=C1CCC2C(CCC3C4CCC(=O)C4CCC23)C1. The average molecular weight is 260 g/mol. The van der Waals surface area contributed by atoms with Gasteiger partial charge in [-0.25, -0.2) is 0 Å². The lowest BCUT2D eigenvalue weighted by atomic mass is 9.54. The molecule has 4 saturated carbocycles. The van der Waals surface area contributed by atoms with Gasteiger partial charge in [0.25, 0.3) is 0 Å². The van der Waals surface area contributed by atoms with Gasteiger partial charge in [-0.05, 0) is 68.1 Å². The van der Waals surface area contributed by atoms with Gasteiger partial charge < -0.3 is 0 Å². The minimum Gasteiger partial charge on any atom is -0.300 e. The highest BCUT2D eigenvalue weighted by Crippen LogP contribution is 2.56. The van der Waals surface area contributed by atoms with Crippen LogP contribution in [0.4, 0.5) is 0 Å². The predicted octanol–water partition coefficient (Wildman–Crippen LogP) is 3.39. The predicted molar refractivity (Wildman–Crippen MR) is 72.5 cm³/mol. The first kappa shape index (κ1) is 12.1. The van der Waals surface area contributed by atoms with Gasteiger partial charge in [-0.3, -0.25) is 9.59 Å². The molecule has 0 bridgehead atoms. The number of carbonyl (C=O) groups excluding carboxylic acids is 2. The topological polar surface area (TPSA) is 34.1 Å². The van der Waals surface area contributed by atoms with Crippen molar-refractivity contribution in [3.63, 3.8) is 0 Å². The molecule has 4 aliphatic rings. The molecule has 0 radical (unpaired) electrons. The number of ketones is 2. The molecule has 2 nitrogen and oxygen atoms in total. The molecule has 19 heavy (non-hydrogen) atoms. The minimum atomic E-state index is 0.419. The van der Waals surface area contributed by atoms with Crippen molar-refractivity contribution in [3.8, 4) is 0 Å². The summed E-state index contributed by atoms with van der Waals surface area (Å²) in [6.45, 7) is 0. The zero-order valence-electron chi connectivity index (χ0n) is 11.6. The van der Waals surface area contributed by atoms with Crippen molar-refractivity contribution in [2.75, 3.05) is 0 Å². The van der Waals surface area contributed by atoms with E-state index in [9.17, 15) is 9.59 Å². The Bertz CT molecular complexity index is 413. The third-order valence-electron chi connectivity index (χ3n) is 6.84. The fraction of sp³-hybridized carbons (Fsp3) is 0.882. The second-order valence-corrected chi connectivity index (χ2v) is 7.46. The van der Waals surface area contributed by atoms with Gasteiger partial charge in [0, 0.05) is 25.2 Å². The highest BCUT2D eigenvalue weighted by Gasteiger charge is 2.51. The fourth-order valence-electron chi connectivity index (χ4n) is 6.08. The number of rotatable bonds is 0. The lowest BCUT2D eigenvalue weighted by Crippen LogP contribution is -2.45. The van der Waals surface area contributed by atoms with E-state index in [1.54, 1.807) is 0 Å². The highest BCUT2D eigenvalue weighted by atomic mass is 16.1. The van der Waals surface area contributed by atoms with E-state index >= 15 is 0 Å². The first-order valence-corrected chi connectivity index (χ1v) is 8.28. The smallest absolute Gasteiger partial charge is 0.136 e. The van der Waals surface area contributed by atoms with E-state index in [1.165, 1.54) is 25.7 Å². The summed E-state index contributed by atoms with van der Waals surface area (Å²) in [5, 5.41) is 0. The van der Waals surface area contributed by atoms with Crippen LogP contribution in [0.3, 0.4) is 0 Å². The number of fused-ring (bicyclic) bond motifs is 5. The molecule has 0 aromatic carbocycles. The van der Waals surface area contributed by atoms with Crippen molar-refractivity contribution in [3.05, 3.63) is 0 Å². The molecule has 0 spiro atoms. The fourth-order valence-corrected chi connectivity index (χ4v) is 6.08. The van der Waals surface area contributed by atoms with Crippen molar-refractivity contribution in [1.29, 1.82) is 0 Å². The standard InChI is InChI=1S/C17H24O2/c18-11-2-4-12-10(9-11)1-3-14-13(12)5-6-16-15(14)7-8-17(16)19/h10,12-16H,1-9H2. The second kappa shape index (κ2) is 4.43. The molecule has 6 unspecified atom stereocenters. The molecule has 4 fully saturated rings. The Morgan fingerprint density at radius 3 is 2.32 bits per heavy atom. The molecule has 0 aromatic rings. The zero-order chi connectivity index (χ0) is 13.0. The van der Waals surface area contributed by atoms with Crippen molar-refractivity contribution in [2.45, 2.75) is 57.8 Å². The average Bonchev–Trinajstić information content (AvgIpc) is 2.80. The normalized spacial score (nSPS) is 49.5. The summed E-state index contributed by atoms with van der Waals surface area (Å²) in [7, 11) is 0. The second-order valence-electron chi connectivity index (χ2n) is 7.46. The van der Waals surface area contributed by atoms with Crippen LogP contribution in [-0.4, -0.2) is 11.6 Å². The Balaban J connectivity index is 1.56. The van der Waals surface area contributed by atoms with E-state index in [-0.39, 0.29) is 0 Å². The van der Waals surface area contributed by atoms with Crippen LogP contribution in [0.5, 0.6) is 0 Å². The third kappa shape index (κ3) is 1.82. The van der Waals surface area contributed by atoms with Crippen LogP contribution in [-0.2, 0) is 9.59 Å². The summed E-state index contributed by atoms with van der Waals surface area (Å²) in [5.41, 5.74) is 0. The van der Waals surface area contributed by atoms with E-state index in [2.05, 4.69) is 0 Å². The molecule has 104 valence electrons. The molecule has 0 aliphatic heterocycles. The Labute approximate surface area is 115 Å². The Kier molecular flexibility index (Phi) is 2.82. The summed E-state index contributed by atoms with van der Waals surface area (Å²) in [4.78, 5) is 23.6. The van der Waals surface area contributed by atoms with Crippen molar-refractivity contribution < 1.29 is 9.59 Å². The number of hydrogen-bond donors (Lipinski definition) is 0. The van der Waals surface area contributed by atoms with Crippen molar-refractivity contribution in [1.82, 2.24) is 0 Å². The van der Waals surface area contributed by atoms with Crippen LogP contribution in [0.1, 0.15) is 57.8 Å². The number of carbonyl (C=O) groups is 2. The van der Waals surface area contributed by atoms with Crippen LogP contribution in [0.2, 0.25) is 0 Å². The molecule has 4 rings (SSSR count). The number of hydrogen-bond acceptors (Lipinski definition) is 2. The van der Waals surface area contributed by atoms with E-state index in [4.69, 9.17) is 0 Å². The Morgan fingerprint density at radius 2 is 1.42 bits per heavy atom. The summed E-state index contributed by atoms with van der Waals surface area (Å²) in [5.74, 6) is 5.37. The summed E-state index contributed by atoms with van der Waals surface area (Å²) >= 11 is 0. The molecule has 4 aliphatic carbocycles. The largest absolute Gasteiger partial charge is 0.300 e. The van der Waals surface area contributed by atoms with E-state index < -0.39 is 0 Å². The molecule has 0 aromatic heterocycles. The van der Waals surface area contributed by atoms with Crippen LogP contribution in [0.15, 0.2) is 0 Å². The van der Waals surface area contributed by atoms with Crippen molar-refractivity contribution >= 4 is 11.6 Å². The monoisotopic (exact) mass is 260 g/mol. The summed E-state index contributed by atoms with van der Waals surface area (Å²) < 4.78 is 0. The molecular formula is C17H24O2. The van der Waals surface area contributed by atoms with Crippen LogP contribution < -0.4 is 0 Å². The van der Waals surface area contributed by atoms with E-state index in [1.807, 2.05) is 0 Å². The summed E-state index contributed by atoms with van der Waals surface area (Å²) in [6.07, 6.45) is 9.84. The van der Waals surface area contributed by atoms with E-state index in [0.717, 1.165) is 49.9 Å². The van der Waals surface area contributed by atoms with E-state index in [0.29, 0.717) is 29.3 Å². The van der Waals surface area contributed by atoms with Gasteiger partial charge in [-0.1, -0.05) is 0 Å². The van der Waals surface area contributed by atoms with Gasteiger partial charge in [-0.15, -0.1) is 0 Å². The van der Waals surface area contributed by atoms with Gasteiger partial charge in [0.15, 0.2) is 0 Å². The van der Waals surface area contributed by atoms with Gasteiger partial charge in [-0.2, -0.15) is 0 Å². The quantitative estimate of drug-likeness (QED) is 0.669. The first-order valence-electron chi connectivity index (χ1n) is 8.28. The first-order chi connectivity index (χ1) is 9.24. The maximum atomic E-state index is 12.0. The highest BCUT2D eigenvalue weighted by molar-refractivity contribution is 5.83.